The zero-order chi connectivity index (χ0) is 20.5. The summed E-state index contributed by atoms with van der Waals surface area (Å²) < 4.78 is 9.91. The van der Waals surface area contributed by atoms with Gasteiger partial charge in [-0.15, -0.1) is 0 Å². The van der Waals surface area contributed by atoms with E-state index in [1.807, 2.05) is 0 Å². The summed E-state index contributed by atoms with van der Waals surface area (Å²) in [4.78, 5) is 11.4. The summed E-state index contributed by atoms with van der Waals surface area (Å²) in [6, 6.07) is 0. The molecule has 28 heavy (non-hydrogen) atoms. The van der Waals surface area contributed by atoms with Gasteiger partial charge in [0.05, 0.1) is 6.61 Å². The fraction of sp³-hybridized carbons (Fsp3) is 0.880. The van der Waals surface area contributed by atoms with Gasteiger partial charge in [0, 0.05) is 13.5 Å². The monoisotopic (exact) mass is 396 g/mol. The van der Waals surface area contributed by atoms with Crippen molar-refractivity contribution in [1.29, 1.82) is 0 Å². The number of ether oxygens (including phenoxy) is 2. The molecule has 0 amide bonds. The van der Waals surface area contributed by atoms with Gasteiger partial charge in [0.15, 0.2) is 0 Å². The lowest BCUT2D eigenvalue weighted by Gasteiger charge is -2.04. The Hall–Kier alpha value is -0.830. The third-order valence-corrected chi connectivity index (χ3v) is 5.19. The zero-order valence-electron chi connectivity index (χ0n) is 19.0. The van der Waals surface area contributed by atoms with Crippen LogP contribution >= 0.6 is 0 Å². The Bertz CT molecular complexity index is 339. The number of carbonyl (C=O) groups is 1. The molecule has 0 N–H and O–H groups in total. The molecule has 3 heteroatoms. The number of methoxy groups -OCH3 is 1. The minimum absolute atomic E-state index is 0.0851. The van der Waals surface area contributed by atoms with Crippen LogP contribution in [0.15, 0.2) is 12.2 Å². The number of carbonyl (C=O) groups excluding carboxylic acids is 1. The molecule has 0 rings (SSSR count). The second kappa shape index (κ2) is 24.2. The molecule has 0 aromatic rings. The van der Waals surface area contributed by atoms with Crippen molar-refractivity contribution >= 4 is 5.97 Å². The molecule has 0 heterocycles. The van der Waals surface area contributed by atoms with E-state index in [4.69, 9.17) is 9.47 Å². The van der Waals surface area contributed by atoms with E-state index in [9.17, 15) is 4.79 Å². The lowest BCUT2D eigenvalue weighted by molar-refractivity contribution is -0.145. The van der Waals surface area contributed by atoms with Gasteiger partial charge in [-0.25, -0.2) is 0 Å². The molecule has 0 aliphatic heterocycles. The molecule has 0 unspecified atom stereocenters. The third kappa shape index (κ3) is 23.2. The number of unbranched alkanes of at least 4 members (excludes halogenated alkanes) is 15. The van der Waals surface area contributed by atoms with Gasteiger partial charge in [0.2, 0.25) is 0 Å². The molecular formula is C25H48O3. The molecule has 0 aromatic heterocycles. The largest absolute Gasteiger partial charge is 0.463 e. The summed E-state index contributed by atoms with van der Waals surface area (Å²) in [5.41, 5.74) is 0. The van der Waals surface area contributed by atoms with Gasteiger partial charge in [-0.1, -0.05) is 96.1 Å². The van der Waals surface area contributed by atoms with Crippen molar-refractivity contribution in [1.82, 2.24) is 0 Å². The quantitative estimate of drug-likeness (QED) is 0.106. The molecule has 0 aliphatic rings. The molecule has 0 saturated heterocycles. The van der Waals surface area contributed by atoms with Crippen LogP contribution in [0.4, 0.5) is 0 Å². The van der Waals surface area contributed by atoms with Crippen molar-refractivity contribution in [3.05, 3.63) is 12.2 Å². The Labute approximate surface area is 175 Å². The molecule has 0 aromatic carbocycles. The highest BCUT2D eigenvalue weighted by Gasteiger charge is 2.01. The average Bonchev–Trinajstić information content (AvgIpc) is 2.70. The first-order valence-corrected chi connectivity index (χ1v) is 12.1. The fourth-order valence-corrected chi connectivity index (χ4v) is 3.36. The van der Waals surface area contributed by atoms with Gasteiger partial charge in [-0.2, -0.15) is 0 Å². The van der Waals surface area contributed by atoms with Gasteiger partial charge < -0.3 is 9.47 Å². The molecule has 0 spiro atoms. The van der Waals surface area contributed by atoms with Crippen molar-refractivity contribution in [2.24, 2.45) is 0 Å². The van der Waals surface area contributed by atoms with Crippen LogP contribution in [0.3, 0.4) is 0 Å². The first kappa shape index (κ1) is 27.2. The summed E-state index contributed by atoms with van der Waals surface area (Å²) in [7, 11) is 1.61. The zero-order valence-corrected chi connectivity index (χ0v) is 19.0. The molecule has 0 aliphatic carbocycles. The van der Waals surface area contributed by atoms with Crippen LogP contribution in [0.1, 0.15) is 122 Å². The van der Waals surface area contributed by atoms with E-state index in [0.717, 1.165) is 12.8 Å². The Morgan fingerprint density at radius 2 is 1.11 bits per heavy atom. The molecule has 0 radical (unpaired) electrons. The SMILES string of the molecule is CCCCCCCC/C=C/CCCCCCCCCCCC(=O)OCCOC. The van der Waals surface area contributed by atoms with E-state index >= 15 is 0 Å². The van der Waals surface area contributed by atoms with Crippen LogP contribution in [0.5, 0.6) is 0 Å². The number of hydrogen-bond acceptors (Lipinski definition) is 3. The summed E-state index contributed by atoms with van der Waals surface area (Å²) in [5.74, 6) is -0.0851. The summed E-state index contributed by atoms with van der Waals surface area (Å²) >= 11 is 0. The van der Waals surface area contributed by atoms with E-state index in [0.29, 0.717) is 19.6 Å². The predicted molar refractivity (Wildman–Crippen MR) is 121 cm³/mol. The highest BCUT2D eigenvalue weighted by atomic mass is 16.6. The lowest BCUT2D eigenvalue weighted by atomic mass is 10.1. The highest BCUT2D eigenvalue weighted by Crippen LogP contribution is 2.12. The predicted octanol–water partition coefficient (Wildman–Crippen LogP) is 7.77. The average molecular weight is 397 g/mol. The van der Waals surface area contributed by atoms with Crippen molar-refractivity contribution in [2.45, 2.75) is 122 Å². The molecule has 0 bridgehead atoms. The van der Waals surface area contributed by atoms with Crippen LogP contribution in [0.25, 0.3) is 0 Å². The van der Waals surface area contributed by atoms with Gasteiger partial charge in [-0.05, 0) is 32.1 Å². The van der Waals surface area contributed by atoms with E-state index < -0.39 is 0 Å². The second-order valence-electron chi connectivity index (χ2n) is 7.96. The standard InChI is InChI=1S/C25H48O3/c1-3-4-5-6-7-8-9-10-11-12-13-14-15-16-17-18-19-20-21-22-25(26)28-24-23-27-2/h10-11H,3-9,12-24H2,1-2H3/b11-10+. The second-order valence-corrected chi connectivity index (χ2v) is 7.96. The van der Waals surface area contributed by atoms with E-state index in [1.54, 1.807) is 7.11 Å². The van der Waals surface area contributed by atoms with Crippen molar-refractivity contribution in [2.75, 3.05) is 20.3 Å². The molecule has 3 nitrogen and oxygen atoms in total. The number of esters is 1. The van der Waals surface area contributed by atoms with Crippen molar-refractivity contribution < 1.29 is 14.3 Å². The van der Waals surface area contributed by atoms with E-state index in [-0.39, 0.29) is 5.97 Å². The summed E-state index contributed by atoms with van der Waals surface area (Å²) in [6.45, 7) is 3.14. The number of allylic oxidation sites excluding steroid dienone is 2. The van der Waals surface area contributed by atoms with E-state index in [1.165, 1.54) is 96.3 Å². The van der Waals surface area contributed by atoms with Gasteiger partial charge in [0.1, 0.15) is 6.61 Å². The first-order chi connectivity index (χ1) is 13.8. The maximum Gasteiger partial charge on any atom is 0.305 e. The Morgan fingerprint density at radius 1 is 0.643 bits per heavy atom. The highest BCUT2D eigenvalue weighted by molar-refractivity contribution is 5.69. The normalized spacial score (nSPS) is 11.4. The minimum atomic E-state index is -0.0851. The lowest BCUT2D eigenvalue weighted by Crippen LogP contribution is -2.09. The molecule has 0 fully saturated rings. The van der Waals surface area contributed by atoms with Crippen LogP contribution in [0, 0.1) is 0 Å². The van der Waals surface area contributed by atoms with Gasteiger partial charge in [0.25, 0.3) is 0 Å². The van der Waals surface area contributed by atoms with E-state index in [2.05, 4.69) is 19.1 Å². The molecular weight excluding hydrogens is 348 g/mol. The number of rotatable bonds is 22. The fourth-order valence-electron chi connectivity index (χ4n) is 3.36. The van der Waals surface area contributed by atoms with Crippen LogP contribution < -0.4 is 0 Å². The summed E-state index contributed by atoms with van der Waals surface area (Å²) in [5, 5.41) is 0. The van der Waals surface area contributed by atoms with Gasteiger partial charge >= 0.3 is 5.97 Å². The summed E-state index contributed by atoms with van der Waals surface area (Å²) in [6.07, 6.45) is 27.7. The molecule has 0 atom stereocenters. The minimum Gasteiger partial charge on any atom is -0.463 e. The Balaban J connectivity index is 3.13. The van der Waals surface area contributed by atoms with Crippen molar-refractivity contribution in [3.63, 3.8) is 0 Å². The smallest absolute Gasteiger partial charge is 0.305 e. The van der Waals surface area contributed by atoms with Crippen LogP contribution in [-0.4, -0.2) is 26.3 Å². The van der Waals surface area contributed by atoms with Gasteiger partial charge in [-0.3, -0.25) is 4.79 Å². The number of hydrogen-bond donors (Lipinski definition) is 0. The maximum atomic E-state index is 11.4. The molecule has 166 valence electrons. The Kier molecular flexibility index (Phi) is 23.5. The van der Waals surface area contributed by atoms with Crippen molar-refractivity contribution in [3.8, 4) is 0 Å². The molecule has 0 saturated carbocycles. The van der Waals surface area contributed by atoms with Crippen LogP contribution in [-0.2, 0) is 14.3 Å². The topological polar surface area (TPSA) is 35.5 Å². The maximum absolute atomic E-state index is 11.4. The Morgan fingerprint density at radius 3 is 1.61 bits per heavy atom. The van der Waals surface area contributed by atoms with Crippen LogP contribution in [0.2, 0.25) is 0 Å². The third-order valence-electron chi connectivity index (χ3n) is 5.19. The first-order valence-electron chi connectivity index (χ1n) is 12.1.